The molecule has 3 aromatic rings. The zero-order valence-electron chi connectivity index (χ0n) is 14.1. The molecule has 1 aromatic heterocycles. The number of ether oxygens (including phenoxy) is 1. The Labute approximate surface area is 159 Å². The SMILES string of the molecule is CCOc1ccc2nc(SCCN3C(=O)c4ccccc4C3=O)sc2c1. The Morgan fingerprint density at radius 2 is 1.85 bits per heavy atom. The minimum absolute atomic E-state index is 0.211. The molecule has 0 unspecified atom stereocenters. The van der Waals surface area contributed by atoms with Gasteiger partial charge in [0.1, 0.15) is 5.75 Å². The molecule has 4 rings (SSSR count). The van der Waals surface area contributed by atoms with Gasteiger partial charge in [-0.3, -0.25) is 14.5 Å². The number of imide groups is 1. The maximum absolute atomic E-state index is 12.4. The predicted octanol–water partition coefficient (Wildman–Crippen LogP) is 4.08. The highest BCUT2D eigenvalue weighted by Gasteiger charge is 2.34. The van der Waals surface area contributed by atoms with Crippen LogP contribution in [-0.4, -0.2) is 40.6 Å². The molecule has 0 N–H and O–H groups in total. The molecule has 0 atom stereocenters. The molecule has 0 radical (unpaired) electrons. The third-order valence-electron chi connectivity index (χ3n) is 4.07. The van der Waals surface area contributed by atoms with Crippen LogP contribution in [0.25, 0.3) is 10.2 Å². The minimum atomic E-state index is -0.211. The number of benzene rings is 2. The standard InChI is InChI=1S/C19H16N2O3S2/c1-2-24-12-7-8-15-16(11-12)26-19(20-15)25-10-9-21-17(22)13-5-3-4-6-14(13)18(21)23/h3-8,11H,2,9-10H2,1H3. The first-order chi connectivity index (χ1) is 12.7. The predicted molar refractivity (Wildman–Crippen MR) is 103 cm³/mol. The normalized spacial score (nSPS) is 13.5. The van der Waals surface area contributed by atoms with Crippen molar-refractivity contribution in [1.29, 1.82) is 0 Å². The number of amides is 2. The number of thioether (sulfide) groups is 1. The van der Waals surface area contributed by atoms with E-state index in [1.807, 2.05) is 25.1 Å². The molecule has 0 aliphatic carbocycles. The first kappa shape index (κ1) is 17.1. The fraction of sp³-hybridized carbons (Fsp3) is 0.211. The number of nitrogens with zero attached hydrogens (tertiary/aromatic N) is 2. The highest BCUT2D eigenvalue weighted by Crippen LogP contribution is 2.32. The van der Waals surface area contributed by atoms with Crippen molar-refractivity contribution in [2.24, 2.45) is 0 Å². The Balaban J connectivity index is 1.41. The summed E-state index contributed by atoms with van der Waals surface area (Å²) < 4.78 is 7.51. The number of aromatic nitrogens is 1. The molecular weight excluding hydrogens is 368 g/mol. The lowest BCUT2D eigenvalue weighted by atomic mass is 10.1. The van der Waals surface area contributed by atoms with Gasteiger partial charge in [0, 0.05) is 12.3 Å². The molecule has 0 fully saturated rings. The summed E-state index contributed by atoms with van der Waals surface area (Å²) in [5.74, 6) is 1.03. The van der Waals surface area contributed by atoms with Crippen LogP contribution in [0.2, 0.25) is 0 Å². The maximum Gasteiger partial charge on any atom is 0.261 e. The van der Waals surface area contributed by atoms with Crippen LogP contribution in [0.3, 0.4) is 0 Å². The molecule has 7 heteroatoms. The summed E-state index contributed by atoms with van der Waals surface area (Å²) in [5.41, 5.74) is 1.92. The monoisotopic (exact) mass is 384 g/mol. The van der Waals surface area contributed by atoms with Crippen molar-refractivity contribution in [1.82, 2.24) is 9.88 Å². The van der Waals surface area contributed by atoms with Crippen LogP contribution in [0.4, 0.5) is 0 Å². The minimum Gasteiger partial charge on any atom is -0.494 e. The fourth-order valence-electron chi connectivity index (χ4n) is 2.87. The third-order valence-corrected chi connectivity index (χ3v) is 6.21. The van der Waals surface area contributed by atoms with Crippen molar-refractivity contribution in [2.45, 2.75) is 11.3 Å². The lowest BCUT2D eigenvalue weighted by Gasteiger charge is -2.12. The van der Waals surface area contributed by atoms with Crippen LogP contribution < -0.4 is 4.74 Å². The third kappa shape index (κ3) is 3.08. The molecule has 132 valence electrons. The lowest BCUT2D eigenvalue weighted by molar-refractivity contribution is 0.0664. The van der Waals surface area contributed by atoms with Gasteiger partial charge >= 0.3 is 0 Å². The summed E-state index contributed by atoms with van der Waals surface area (Å²) in [4.78, 5) is 30.6. The van der Waals surface area contributed by atoms with Crippen LogP contribution in [0, 0.1) is 0 Å². The van der Waals surface area contributed by atoms with E-state index in [0.29, 0.717) is 30.0 Å². The lowest BCUT2D eigenvalue weighted by Crippen LogP contribution is -2.31. The molecule has 0 saturated heterocycles. The van der Waals surface area contributed by atoms with Gasteiger partial charge in [-0.15, -0.1) is 11.3 Å². The van der Waals surface area contributed by atoms with Crippen molar-refractivity contribution < 1.29 is 14.3 Å². The largest absolute Gasteiger partial charge is 0.494 e. The van der Waals surface area contributed by atoms with Gasteiger partial charge < -0.3 is 4.74 Å². The molecule has 1 aliphatic rings. The van der Waals surface area contributed by atoms with E-state index in [4.69, 9.17) is 4.74 Å². The van der Waals surface area contributed by atoms with Gasteiger partial charge in [0.05, 0.1) is 28.0 Å². The molecule has 1 aliphatic heterocycles. The highest BCUT2D eigenvalue weighted by atomic mass is 32.2. The van der Waals surface area contributed by atoms with Gasteiger partial charge in [0.25, 0.3) is 11.8 Å². The van der Waals surface area contributed by atoms with E-state index < -0.39 is 0 Å². The second kappa shape index (κ2) is 7.09. The summed E-state index contributed by atoms with van der Waals surface area (Å²) in [6.07, 6.45) is 0. The Morgan fingerprint density at radius 3 is 2.54 bits per heavy atom. The summed E-state index contributed by atoms with van der Waals surface area (Å²) in [6.45, 7) is 2.96. The molecule has 0 saturated carbocycles. The van der Waals surface area contributed by atoms with Crippen molar-refractivity contribution in [3.05, 3.63) is 53.6 Å². The molecule has 5 nitrogen and oxygen atoms in total. The van der Waals surface area contributed by atoms with Gasteiger partial charge in [0.15, 0.2) is 4.34 Å². The van der Waals surface area contributed by atoms with Crippen LogP contribution >= 0.6 is 23.1 Å². The summed E-state index contributed by atoms with van der Waals surface area (Å²) in [6, 6.07) is 12.8. The molecule has 0 spiro atoms. The number of carbonyl (C=O) groups excluding carboxylic acids is 2. The van der Waals surface area contributed by atoms with Gasteiger partial charge in [-0.25, -0.2) is 4.98 Å². The molecule has 2 aromatic carbocycles. The topological polar surface area (TPSA) is 59.5 Å². The van der Waals surface area contributed by atoms with Crippen molar-refractivity contribution in [3.63, 3.8) is 0 Å². The molecule has 2 amide bonds. The molecule has 26 heavy (non-hydrogen) atoms. The zero-order valence-corrected chi connectivity index (χ0v) is 15.7. The van der Waals surface area contributed by atoms with Gasteiger partial charge in [-0.05, 0) is 37.3 Å². The van der Waals surface area contributed by atoms with Gasteiger partial charge in [0.2, 0.25) is 0 Å². The number of rotatable bonds is 6. The Hall–Kier alpha value is -2.38. The van der Waals surface area contributed by atoms with Gasteiger partial charge in [-0.2, -0.15) is 0 Å². The average molecular weight is 384 g/mol. The number of hydrogen-bond donors (Lipinski definition) is 0. The van der Waals surface area contributed by atoms with E-state index in [1.54, 1.807) is 47.4 Å². The van der Waals surface area contributed by atoms with Crippen LogP contribution in [0.1, 0.15) is 27.6 Å². The second-order valence-electron chi connectivity index (χ2n) is 5.70. The average Bonchev–Trinajstić information content (AvgIpc) is 3.16. The van der Waals surface area contributed by atoms with E-state index in [1.165, 1.54) is 4.90 Å². The highest BCUT2D eigenvalue weighted by molar-refractivity contribution is 8.01. The summed E-state index contributed by atoms with van der Waals surface area (Å²) >= 11 is 3.15. The molecule has 2 heterocycles. The summed E-state index contributed by atoms with van der Waals surface area (Å²) in [5, 5.41) is 0. The molecular formula is C19H16N2O3S2. The maximum atomic E-state index is 12.4. The number of thiazole rings is 1. The van der Waals surface area contributed by atoms with E-state index >= 15 is 0 Å². The fourth-order valence-corrected chi connectivity index (χ4v) is 4.96. The van der Waals surface area contributed by atoms with E-state index in [2.05, 4.69) is 4.98 Å². The first-order valence-electron chi connectivity index (χ1n) is 8.29. The quantitative estimate of drug-likeness (QED) is 0.473. The second-order valence-corrected chi connectivity index (χ2v) is 8.07. The number of fused-ring (bicyclic) bond motifs is 2. The smallest absolute Gasteiger partial charge is 0.261 e. The summed E-state index contributed by atoms with van der Waals surface area (Å²) in [7, 11) is 0. The van der Waals surface area contributed by atoms with Crippen molar-refractivity contribution in [2.75, 3.05) is 18.9 Å². The van der Waals surface area contributed by atoms with E-state index in [0.717, 1.165) is 20.3 Å². The number of carbonyl (C=O) groups is 2. The first-order valence-corrected chi connectivity index (χ1v) is 10.1. The zero-order chi connectivity index (χ0) is 18.1. The van der Waals surface area contributed by atoms with Crippen LogP contribution in [0.5, 0.6) is 5.75 Å². The number of hydrogen-bond acceptors (Lipinski definition) is 6. The van der Waals surface area contributed by atoms with Crippen molar-refractivity contribution >= 4 is 45.1 Å². The van der Waals surface area contributed by atoms with Crippen LogP contribution in [-0.2, 0) is 0 Å². The Kier molecular flexibility index (Phi) is 4.65. The van der Waals surface area contributed by atoms with E-state index in [9.17, 15) is 9.59 Å². The van der Waals surface area contributed by atoms with Crippen molar-refractivity contribution in [3.8, 4) is 5.75 Å². The Morgan fingerprint density at radius 1 is 1.12 bits per heavy atom. The van der Waals surface area contributed by atoms with Crippen LogP contribution in [0.15, 0.2) is 46.8 Å². The van der Waals surface area contributed by atoms with Gasteiger partial charge in [-0.1, -0.05) is 23.9 Å². The van der Waals surface area contributed by atoms with E-state index in [-0.39, 0.29) is 11.8 Å². The Bertz CT molecular complexity index is 964. The molecule has 0 bridgehead atoms.